The molecule has 30 heavy (non-hydrogen) atoms. The third kappa shape index (κ3) is 3.42. The molecule has 0 unspecified atom stereocenters. The average Bonchev–Trinajstić information content (AvgIpc) is 3.43. The summed E-state index contributed by atoms with van der Waals surface area (Å²) in [4.78, 5) is 21.1. The van der Waals surface area contributed by atoms with Crippen LogP contribution in [-0.2, 0) is 12.8 Å². The molecule has 1 fully saturated rings. The van der Waals surface area contributed by atoms with E-state index in [1.165, 1.54) is 4.68 Å². The number of fused-ring (bicyclic) bond motifs is 1. The lowest BCUT2D eigenvalue weighted by atomic mass is 10.00. The van der Waals surface area contributed by atoms with Crippen molar-refractivity contribution < 1.29 is 22.7 Å². The molecule has 0 radical (unpaired) electrons. The van der Waals surface area contributed by atoms with E-state index in [4.69, 9.17) is 0 Å². The van der Waals surface area contributed by atoms with Crippen LogP contribution < -0.4 is 10.5 Å². The Balaban J connectivity index is 1.94. The van der Waals surface area contributed by atoms with Gasteiger partial charge in [0.15, 0.2) is 5.65 Å². The van der Waals surface area contributed by atoms with Gasteiger partial charge in [0.05, 0.1) is 18.2 Å². The Morgan fingerprint density at radius 3 is 2.57 bits per heavy atom. The molecule has 2 N–H and O–H groups in total. The third-order valence-electron chi connectivity index (χ3n) is 5.17. The van der Waals surface area contributed by atoms with Gasteiger partial charge in [0.25, 0.3) is 5.56 Å². The summed E-state index contributed by atoms with van der Waals surface area (Å²) in [5.41, 5.74) is -1.34. The number of aliphatic hydroxyl groups excluding tert-OH is 1. The number of halogens is 4. The predicted molar refractivity (Wildman–Crippen MR) is 101 cm³/mol. The average molecular weight is 425 g/mol. The zero-order valence-corrected chi connectivity index (χ0v) is 16.2. The van der Waals surface area contributed by atoms with Crippen LogP contribution in [0.15, 0.2) is 23.0 Å². The molecule has 2 heterocycles. The number of aliphatic hydroxyl groups is 1. The standard InChI is InChI=1S/C19H19F4N5O2/c1-27(2)18-24-16-14(17(30)25-18)13(8-29)26-28(16)15(9-3-4-9)11-6-5-10(7-12(11)20)19(21,22)23/h5-7,9,15,29H,3-4,8H2,1-2H3,(H,24,25,30)/t15-/m0/s1. The first-order chi connectivity index (χ1) is 14.1. The summed E-state index contributed by atoms with van der Waals surface area (Å²) >= 11 is 0. The number of aromatic nitrogens is 4. The van der Waals surface area contributed by atoms with E-state index in [1.807, 2.05) is 0 Å². The van der Waals surface area contributed by atoms with E-state index in [1.54, 1.807) is 19.0 Å². The van der Waals surface area contributed by atoms with Crippen molar-refractivity contribution in [2.75, 3.05) is 19.0 Å². The molecule has 160 valence electrons. The van der Waals surface area contributed by atoms with Crippen LogP contribution in [0.5, 0.6) is 0 Å². The van der Waals surface area contributed by atoms with E-state index in [9.17, 15) is 27.5 Å². The summed E-state index contributed by atoms with van der Waals surface area (Å²) in [6.45, 7) is -0.539. The predicted octanol–water partition coefficient (Wildman–Crippen LogP) is 2.84. The molecular formula is C19H19F4N5O2. The van der Waals surface area contributed by atoms with E-state index in [0.717, 1.165) is 25.0 Å². The number of hydrogen-bond donors (Lipinski definition) is 2. The number of nitrogens with one attached hydrogen (secondary N) is 1. The third-order valence-corrected chi connectivity index (χ3v) is 5.17. The summed E-state index contributed by atoms with van der Waals surface area (Å²) in [7, 11) is 3.34. The van der Waals surface area contributed by atoms with Crippen LogP contribution in [0.25, 0.3) is 11.0 Å². The van der Waals surface area contributed by atoms with Crippen LogP contribution in [0, 0.1) is 11.7 Å². The van der Waals surface area contributed by atoms with E-state index in [-0.39, 0.29) is 34.2 Å². The van der Waals surface area contributed by atoms with Crippen molar-refractivity contribution in [3.05, 3.63) is 51.2 Å². The Bertz CT molecular complexity index is 1160. The van der Waals surface area contributed by atoms with E-state index >= 15 is 0 Å². The Morgan fingerprint density at radius 2 is 2.03 bits per heavy atom. The van der Waals surface area contributed by atoms with Crippen LogP contribution in [0.4, 0.5) is 23.5 Å². The summed E-state index contributed by atoms with van der Waals surface area (Å²) in [5.74, 6) is -0.844. The smallest absolute Gasteiger partial charge is 0.390 e. The fourth-order valence-electron chi connectivity index (χ4n) is 3.56. The lowest BCUT2D eigenvalue weighted by Crippen LogP contribution is -2.21. The van der Waals surface area contributed by atoms with Gasteiger partial charge in [-0.2, -0.15) is 23.3 Å². The second-order valence-electron chi connectivity index (χ2n) is 7.55. The molecule has 3 aromatic rings. The van der Waals surface area contributed by atoms with Crippen molar-refractivity contribution in [2.24, 2.45) is 5.92 Å². The van der Waals surface area contributed by atoms with Crippen LogP contribution in [0.3, 0.4) is 0 Å². The maximum atomic E-state index is 14.8. The molecule has 11 heteroatoms. The van der Waals surface area contributed by atoms with Crippen molar-refractivity contribution >= 4 is 17.0 Å². The number of alkyl halides is 3. The number of hydrogen-bond acceptors (Lipinski definition) is 5. The summed E-state index contributed by atoms with van der Waals surface area (Å²) in [5, 5.41) is 14.0. The Kier molecular flexibility index (Phi) is 4.80. The molecular weight excluding hydrogens is 406 g/mol. The normalized spacial score (nSPS) is 15.6. The fourth-order valence-corrected chi connectivity index (χ4v) is 3.56. The highest BCUT2D eigenvalue weighted by Crippen LogP contribution is 2.45. The number of benzene rings is 1. The molecule has 2 aromatic heterocycles. The number of rotatable bonds is 5. The lowest BCUT2D eigenvalue weighted by Gasteiger charge is -2.20. The van der Waals surface area contributed by atoms with Crippen LogP contribution in [-0.4, -0.2) is 39.0 Å². The Morgan fingerprint density at radius 1 is 1.33 bits per heavy atom. The van der Waals surface area contributed by atoms with Gasteiger partial charge in [0, 0.05) is 19.7 Å². The molecule has 0 aliphatic heterocycles. The van der Waals surface area contributed by atoms with Gasteiger partial charge in [-0.3, -0.25) is 9.78 Å². The second kappa shape index (κ2) is 7.08. The van der Waals surface area contributed by atoms with Gasteiger partial charge >= 0.3 is 6.18 Å². The lowest BCUT2D eigenvalue weighted by molar-refractivity contribution is -0.137. The van der Waals surface area contributed by atoms with E-state index in [0.29, 0.717) is 6.07 Å². The van der Waals surface area contributed by atoms with Crippen molar-refractivity contribution in [2.45, 2.75) is 31.7 Å². The minimum atomic E-state index is -4.66. The maximum Gasteiger partial charge on any atom is 0.416 e. The quantitative estimate of drug-likeness (QED) is 0.614. The first-order valence-electron chi connectivity index (χ1n) is 9.28. The number of H-pyrrole nitrogens is 1. The highest BCUT2D eigenvalue weighted by molar-refractivity contribution is 5.78. The molecule has 7 nitrogen and oxygen atoms in total. The minimum absolute atomic E-state index is 0.0351. The van der Waals surface area contributed by atoms with Gasteiger partial charge in [-0.05, 0) is 30.9 Å². The zero-order chi connectivity index (χ0) is 21.8. The topological polar surface area (TPSA) is 87.0 Å². The van der Waals surface area contributed by atoms with Gasteiger partial charge in [-0.25, -0.2) is 9.07 Å². The van der Waals surface area contributed by atoms with Crippen molar-refractivity contribution in [1.29, 1.82) is 0 Å². The number of anilines is 1. The highest BCUT2D eigenvalue weighted by atomic mass is 19.4. The molecule has 0 amide bonds. The van der Waals surface area contributed by atoms with Gasteiger partial charge < -0.3 is 10.0 Å². The largest absolute Gasteiger partial charge is 0.416 e. The molecule has 1 aliphatic carbocycles. The number of nitrogens with zero attached hydrogens (tertiary/aromatic N) is 4. The molecule has 0 spiro atoms. The van der Waals surface area contributed by atoms with E-state index < -0.39 is 35.8 Å². The van der Waals surface area contributed by atoms with Crippen molar-refractivity contribution in [3.63, 3.8) is 0 Å². The SMILES string of the molecule is CN(C)c1nc2c(c(CO)nn2[C@H](c2ccc(C(F)(F)F)cc2F)C2CC2)c(=O)[nH]1. The maximum absolute atomic E-state index is 14.8. The number of aromatic amines is 1. The molecule has 4 rings (SSSR count). The summed E-state index contributed by atoms with van der Waals surface area (Å²) < 4.78 is 55.0. The first-order valence-corrected chi connectivity index (χ1v) is 9.28. The summed E-state index contributed by atoms with van der Waals surface area (Å²) in [6, 6.07) is 1.65. The van der Waals surface area contributed by atoms with Gasteiger partial charge in [0.1, 0.15) is 16.9 Å². The monoisotopic (exact) mass is 425 g/mol. The van der Waals surface area contributed by atoms with Gasteiger partial charge in [-0.15, -0.1) is 0 Å². The van der Waals surface area contributed by atoms with Crippen molar-refractivity contribution in [1.82, 2.24) is 19.7 Å². The molecule has 1 atom stereocenters. The van der Waals surface area contributed by atoms with Crippen LogP contribution in [0.2, 0.25) is 0 Å². The molecule has 0 bridgehead atoms. The molecule has 1 aliphatic rings. The molecule has 1 saturated carbocycles. The zero-order valence-electron chi connectivity index (χ0n) is 16.2. The van der Waals surface area contributed by atoms with Crippen LogP contribution >= 0.6 is 0 Å². The van der Waals surface area contributed by atoms with Crippen LogP contribution in [0.1, 0.15) is 35.7 Å². The Labute approximate surface area is 168 Å². The van der Waals surface area contributed by atoms with E-state index in [2.05, 4.69) is 15.1 Å². The first kappa shape index (κ1) is 20.3. The summed E-state index contributed by atoms with van der Waals surface area (Å²) in [6.07, 6.45) is -3.21. The van der Waals surface area contributed by atoms with Gasteiger partial charge in [-0.1, -0.05) is 6.07 Å². The fraction of sp³-hybridized carbons (Fsp3) is 0.421. The van der Waals surface area contributed by atoms with Gasteiger partial charge in [0.2, 0.25) is 5.95 Å². The Hall–Kier alpha value is -2.95. The highest BCUT2D eigenvalue weighted by Gasteiger charge is 2.39. The molecule has 0 saturated heterocycles. The minimum Gasteiger partial charge on any atom is -0.390 e. The van der Waals surface area contributed by atoms with Crippen molar-refractivity contribution in [3.8, 4) is 0 Å². The second-order valence-corrected chi connectivity index (χ2v) is 7.55. The molecule has 1 aromatic carbocycles.